The molecular weight excluding hydrogens is 414 g/mol. The summed E-state index contributed by atoms with van der Waals surface area (Å²) in [6.07, 6.45) is 4.31. The summed E-state index contributed by atoms with van der Waals surface area (Å²) in [6.45, 7) is 6.89. The minimum atomic E-state index is 0.00435. The standard InChI is InChI=1S/C23H31N3O4S/c1-16-11-26(12-17(2)30-16)23(28)14-25-13-21(19-7-3-4-8-20(19)25)31-15-22(27)24-10-18-6-5-9-29-18/h3-4,7-8,13,16-18H,5-6,9-12,14-15H2,1-2H3,(H,24,27)/t16-,17+,18-/m1/s1. The molecule has 168 valence electrons. The van der Waals surface area contributed by atoms with Crippen LogP contribution in [0.4, 0.5) is 0 Å². The summed E-state index contributed by atoms with van der Waals surface area (Å²) in [5.74, 6) is 0.436. The van der Waals surface area contributed by atoms with Crippen molar-refractivity contribution in [3.63, 3.8) is 0 Å². The normalized spacial score (nSPS) is 23.9. The van der Waals surface area contributed by atoms with Crippen LogP contribution in [-0.4, -0.2) is 71.6 Å². The molecule has 2 amide bonds. The SMILES string of the molecule is C[C@@H]1CN(C(=O)Cn2cc(SCC(=O)NC[C@H]3CCCO3)c3ccccc32)C[C@H](C)O1. The third kappa shape index (κ3) is 5.61. The van der Waals surface area contributed by atoms with Crippen molar-refractivity contribution >= 4 is 34.5 Å². The van der Waals surface area contributed by atoms with Crippen LogP contribution in [0.15, 0.2) is 35.4 Å². The van der Waals surface area contributed by atoms with Gasteiger partial charge in [0.1, 0.15) is 6.54 Å². The van der Waals surface area contributed by atoms with Gasteiger partial charge in [-0.25, -0.2) is 0 Å². The molecule has 0 saturated carbocycles. The summed E-state index contributed by atoms with van der Waals surface area (Å²) in [4.78, 5) is 28.2. The molecule has 0 radical (unpaired) electrons. The number of nitrogens with zero attached hydrogens (tertiary/aromatic N) is 2. The van der Waals surface area contributed by atoms with E-state index in [4.69, 9.17) is 9.47 Å². The first kappa shape index (κ1) is 22.2. The number of fused-ring (bicyclic) bond motifs is 1. The number of benzene rings is 1. The Labute approximate surface area is 187 Å². The number of amides is 2. The Morgan fingerprint density at radius 3 is 2.71 bits per heavy atom. The van der Waals surface area contributed by atoms with Crippen LogP contribution in [0.25, 0.3) is 10.9 Å². The van der Waals surface area contributed by atoms with E-state index in [2.05, 4.69) is 5.32 Å². The van der Waals surface area contributed by atoms with Crippen molar-refractivity contribution in [3.05, 3.63) is 30.5 Å². The van der Waals surface area contributed by atoms with Gasteiger partial charge in [-0.15, -0.1) is 11.8 Å². The van der Waals surface area contributed by atoms with E-state index in [1.54, 1.807) is 0 Å². The van der Waals surface area contributed by atoms with Crippen LogP contribution < -0.4 is 5.32 Å². The molecule has 0 unspecified atom stereocenters. The Morgan fingerprint density at radius 2 is 1.97 bits per heavy atom. The molecule has 0 aliphatic carbocycles. The molecule has 31 heavy (non-hydrogen) atoms. The average Bonchev–Trinajstić information content (AvgIpc) is 3.38. The highest BCUT2D eigenvalue weighted by molar-refractivity contribution is 8.00. The van der Waals surface area contributed by atoms with Gasteiger partial charge in [0.2, 0.25) is 11.8 Å². The molecule has 1 aromatic heterocycles. The fourth-order valence-corrected chi connectivity index (χ4v) is 5.23. The maximum absolute atomic E-state index is 13.0. The third-order valence-corrected chi connectivity index (χ3v) is 6.78. The number of nitrogens with one attached hydrogen (secondary N) is 1. The average molecular weight is 446 g/mol. The Balaban J connectivity index is 1.39. The highest BCUT2D eigenvalue weighted by atomic mass is 32.2. The van der Waals surface area contributed by atoms with Crippen molar-refractivity contribution in [1.82, 2.24) is 14.8 Å². The monoisotopic (exact) mass is 445 g/mol. The number of aromatic nitrogens is 1. The van der Waals surface area contributed by atoms with E-state index in [-0.39, 0.29) is 36.7 Å². The van der Waals surface area contributed by atoms with Gasteiger partial charge in [0.15, 0.2) is 0 Å². The highest BCUT2D eigenvalue weighted by Crippen LogP contribution is 2.30. The lowest BCUT2D eigenvalue weighted by Gasteiger charge is -2.35. The van der Waals surface area contributed by atoms with Crippen LogP contribution in [0.1, 0.15) is 26.7 Å². The van der Waals surface area contributed by atoms with Crippen molar-refractivity contribution in [2.45, 2.75) is 56.4 Å². The molecule has 3 atom stereocenters. The van der Waals surface area contributed by atoms with E-state index in [1.165, 1.54) is 11.8 Å². The van der Waals surface area contributed by atoms with Crippen molar-refractivity contribution in [2.24, 2.45) is 0 Å². The first-order valence-electron chi connectivity index (χ1n) is 11.0. The lowest BCUT2D eigenvalue weighted by Crippen LogP contribution is -2.49. The summed E-state index contributed by atoms with van der Waals surface area (Å²) in [6, 6.07) is 8.03. The maximum atomic E-state index is 13.0. The van der Waals surface area contributed by atoms with E-state index in [9.17, 15) is 9.59 Å². The summed E-state index contributed by atoms with van der Waals surface area (Å²) in [7, 11) is 0. The van der Waals surface area contributed by atoms with Gasteiger partial charge in [0.05, 0.1) is 24.1 Å². The number of carbonyl (C=O) groups is 2. The molecule has 7 nitrogen and oxygen atoms in total. The van der Waals surface area contributed by atoms with Crippen LogP contribution in [-0.2, 0) is 25.6 Å². The number of hydrogen-bond acceptors (Lipinski definition) is 5. The van der Waals surface area contributed by atoms with Crippen LogP contribution in [0.3, 0.4) is 0 Å². The zero-order chi connectivity index (χ0) is 21.8. The highest BCUT2D eigenvalue weighted by Gasteiger charge is 2.26. The topological polar surface area (TPSA) is 72.8 Å². The Hall–Kier alpha value is -2.03. The van der Waals surface area contributed by atoms with E-state index in [1.807, 2.05) is 53.8 Å². The lowest BCUT2D eigenvalue weighted by atomic mass is 10.2. The Kier molecular flexibility index (Phi) is 7.20. The number of hydrogen-bond donors (Lipinski definition) is 1. The van der Waals surface area contributed by atoms with Gasteiger partial charge < -0.3 is 24.3 Å². The van der Waals surface area contributed by atoms with Crippen molar-refractivity contribution < 1.29 is 19.1 Å². The molecule has 2 aliphatic rings. The molecule has 2 fully saturated rings. The number of para-hydroxylation sites is 1. The van der Waals surface area contributed by atoms with Crippen molar-refractivity contribution in [2.75, 3.05) is 32.0 Å². The van der Waals surface area contributed by atoms with Crippen LogP contribution in [0, 0.1) is 0 Å². The molecule has 0 spiro atoms. The maximum Gasteiger partial charge on any atom is 0.242 e. The van der Waals surface area contributed by atoms with Gasteiger partial charge in [-0.05, 0) is 32.8 Å². The summed E-state index contributed by atoms with van der Waals surface area (Å²) >= 11 is 1.51. The molecule has 1 aromatic carbocycles. The summed E-state index contributed by atoms with van der Waals surface area (Å²) < 4.78 is 13.3. The number of rotatable bonds is 7. The van der Waals surface area contributed by atoms with Gasteiger partial charge in [0.25, 0.3) is 0 Å². The zero-order valence-corrected chi connectivity index (χ0v) is 19.0. The van der Waals surface area contributed by atoms with Gasteiger partial charge in [-0.2, -0.15) is 0 Å². The molecule has 4 rings (SSSR count). The van der Waals surface area contributed by atoms with Gasteiger partial charge in [0, 0.05) is 48.2 Å². The van der Waals surface area contributed by atoms with E-state index < -0.39 is 0 Å². The molecule has 1 N–H and O–H groups in total. The van der Waals surface area contributed by atoms with Gasteiger partial charge in [-0.1, -0.05) is 18.2 Å². The van der Waals surface area contributed by atoms with Crippen molar-refractivity contribution in [1.29, 1.82) is 0 Å². The predicted octanol–water partition coefficient (Wildman–Crippen LogP) is 2.66. The van der Waals surface area contributed by atoms with Crippen LogP contribution in [0.5, 0.6) is 0 Å². The minimum absolute atomic E-state index is 0.00435. The van der Waals surface area contributed by atoms with Gasteiger partial charge in [-0.3, -0.25) is 9.59 Å². The molecular formula is C23H31N3O4S. The summed E-state index contributed by atoms with van der Waals surface area (Å²) in [5, 5.41) is 4.03. The van der Waals surface area contributed by atoms with Crippen molar-refractivity contribution in [3.8, 4) is 0 Å². The zero-order valence-electron chi connectivity index (χ0n) is 18.2. The third-order valence-electron chi connectivity index (χ3n) is 5.74. The van der Waals surface area contributed by atoms with Crippen LogP contribution in [0.2, 0.25) is 0 Å². The second-order valence-corrected chi connectivity index (χ2v) is 9.44. The fraction of sp³-hybridized carbons (Fsp3) is 0.565. The Bertz CT molecular complexity index is 915. The molecule has 8 heteroatoms. The largest absolute Gasteiger partial charge is 0.376 e. The predicted molar refractivity (Wildman–Crippen MR) is 121 cm³/mol. The first-order valence-corrected chi connectivity index (χ1v) is 12.0. The minimum Gasteiger partial charge on any atom is -0.376 e. The lowest BCUT2D eigenvalue weighted by molar-refractivity contribution is -0.143. The smallest absolute Gasteiger partial charge is 0.242 e. The number of morpholine rings is 1. The molecule has 2 aliphatic heterocycles. The molecule has 2 aromatic rings. The number of carbonyl (C=O) groups excluding carboxylic acids is 2. The first-order chi connectivity index (χ1) is 15.0. The van der Waals surface area contributed by atoms with Gasteiger partial charge >= 0.3 is 0 Å². The Morgan fingerprint density at radius 1 is 1.19 bits per heavy atom. The number of ether oxygens (including phenoxy) is 2. The van der Waals surface area contributed by atoms with Crippen LogP contribution >= 0.6 is 11.8 Å². The van der Waals surface area contributed by atoms with E-state index >= 15 is 0 Å². The quantitative estimate of drug-likeness (QED) is 0.664. The number of thioether (sulfide) groups is 1. The summed E-state index contributed by atoms with van der Waals surface area (Å²) in [5.41, 5.74) is 1.01. The fourth-order valence-electron chi connectivity index (χ4n) is 4.31. The second kappa shape index (κ2) is 10.1. The van der Waals surface area contributed by atoms with E-state index in [0.29, 0.717) is 25.4 Å². The molecule has 0 bridgehead atoms. The molecule has 2 saturated heterocycles. The molecule has 3 heterocycles. The van der Waals surface area contributed by atoms with E-state index in [0.717, 1.165) is 35.2 Å². The second-order valence-electron chi connectivity index (χ2n) is 8.42.